The third kappa shape index (κ3) is 4.67. The minimum absolute atomic E-state index is 0.164. The van der Waals surface area contributed by atoms with Crippen LogP contribution < -0.4 is 0 Å². The number of amides is 1. The second-order valence-electron chi connectivity index (χ2n) is 6.68. The van der Waals surface area contributed by atoms with E-state index in [-0.39, 0.29) is 5.91 Å². The SMILES string of the molecule is CCCCc1nc(C)c(C(=O)N2CCN(Cc3ccccc3)CC2)s1. The number of aromatic nitrogens is 1. The number of aryl methyl sites for hydroxylation is 2. The molecule has 2 aromatic rings. The summed E-state index contributed by atoms with van der Waals surface area (Å²) in [5.41, 5.74) is 2.23. The maximum atomic E-state index is 12.9. The van der Waals surface area contributed by atoms with Gasteiger partial charge in [0, 0.05) is 32.7 Å². The molecule has 5 heteroatoms. The first-order chi connectivity index (χ1) is 12.2. The highest BCUT2D eigenvalue weighted by Crippen LogP contribution is 2.22. The van der Waals surface area contributed by atoms with Crippen LogP contribution in [-0.2, 0) is 13.0 Å². The molecule has 0 unspecified atom stereocenters. The number of hydrogen-bond donors (Lipinski definition) is 0. The third-order valence-electron chi connectivity index (χ3n) is 4.69. The van der Waals surface area contributed by atoms with Gasteiger partial charge < -0.3 is 4.90 Å². The molecule has 1 aromatic heterocycles. The van der Waals surface area contributed by atoms with Gasteiger partial charge in [-0.2, -0.15) is 0 Å². The average Bonchev–Trinajstić information content (AvgIpc) is 3.01. The first-order valence-electron chi connectivity index (χ1n) is 9.19. The molecule has 1 aromatic carbocycles. The highest BCUT2D eigenvalue weighted by Gasteiger charge is 2.25. The van der Waals surface area contributed by atoms with Crippen molar-refractivity contribution >= 4 is 17.2 Å². The van der Waals surface area contributed by atoms with Gasteiger partial charge in [0.05, 0.1) is 10.7 Å². The number of benzene rings is 1. The number of carbonyl (C=O) groups is 1. The van der Waals surface area contributed by atoms with Crippen molar-refractivity contribution in [2.24, 2.45) is 0 Å². The number of rotatable bonds is 6. The Bertz CT molecular complexity index is 690. The Morgan fingerprint density at radius 3 is 2.56 bits per heavy atom. The lowest BCUT2D eigenvalue weighted by Crippen LogP contribution is -2.48. The zero-order valence-electron chi connectivity index (χ0n) is 15.2. The summed E-state index contributed by atoms with van der Waals surface area (Å²) < 4.78 is 0. The smallest absolute Gasteiger partial charge is 0.265 e. The number of thiazole rings is 1. The van der Waals surface area contributed by atoms with Crippen LogP contribution in [0.5, 0.6) is 0 Å². The number of hydrogen-bond acceptors (Lipinski definition) is 4. The van der Waals surface area contributed by atoms with E-state index in [1.807, 2.05) is 17.9 Å². The Kier molecular flexibility index (Phi) is 6.21. The predicted molar refractivity (Wildman–Crippen MR) is 103 cm³/mol. The summed E-state index contributed by atoms with van der Waals surface area (Å²) in [6.45, 7) is 8.57. The van der Waals surface area contributed by atoms with Gasteiger partial charge in [-0.1, -0.05) is 43.7 Å². The van der Waals surface area contributed by atoms with Gasteiger partial charge in [0.2, 0.25) is 0 Å². The lowest BCUT2D eigenvalue weighted by Gasteiger charge is -2.34. The zero-order valence-corrected chi connectivity index (χ0v) is 16.0. The van der Waals surface area contributed by atoms with E-state index in [1.54, 1.807) is 11.3 Å². The fourth-order valence-electron chi connectivity index (χ4n) is 3.18. The summed E-state index contributed by atoms with van der Waals surface area (Å²) in [6, 6.07) is 10.5. The summed E-state index contributed by atoms with van der Waals surface area (Å²) in [7, 11) is 0. The molecule has 1 saturated heterocycles. The quantitative estimate of drug-likeness (QED) is 0.790. The van der Waals surface area contributed by atoms with Crippen LogP contribution in [0.1, 0.15) is 45.7 Å². The largest absolute Gasteiger partial charge is 0.335 e. The third-order valence-corrected chi connectivity index (χ3v) is 5.89. The van der Waals surface area contributed by atoms with Crippen LogP contribution in [0.3, 0.4) is 0 Å². The summed E-state index contributed by atoms with van der Waals surface area (Å²) in [6.07, 6.45) is 3.28. The zero-order chi connectivity index (χ0) is 17.6. The average molecular weight is 358 g/mol. The fraction of sp³-hybridized carbons (Fsp3) is 0.500. The Morgan fingerprint density at radius 1 is 1.16 bits per heavy atom. The van der Waals surface area contributed by atoms with Gasteiger partial charge in [0.1, 0.15) is 4.88 Å². The van der Waals surface area contributed by atoms with E-state index in [4.69, 9.17) is 0 Å². The van der Waals surface area contributed by atoms with E-state index in [1.165, 1.54) is 5.56 Å². The minimum Gasteiger partial charge on any atom is -0.335 e. The molecule has 1 aliphatic rings. The Hall–Kier alpha value is -1.72. The second kappa shape index (κ2) is 8.59. The normalized spacial score (nSPS) is 15.5. The van der Waals surface area contributed by atoms with Crippen molar-refractivity contribution in [3.8, 4) is 0 Å². The monoisotopic (exact) mass is 357 g/mol. The second-order valence-corrected chi connectivity index (χ2v) is 7.76. The molecule has 1 fully saturated rings. The van der Waals surface area contributed by atoms with Crippen LogP contribution in [-0.4, -0.2) is 46.9 Å². The van der Waals surface area contributed by atoms with Crippen LogP contribution in [0.15, 0.2) is 30.3 Å². The molecule has 0 bridgehead atoms. The topological polar surface area (TPSA) is 36.4 Å². The van der Waals surface area contributed by atoms with Crippen LogP contribution >= 0.6 is 11.3 Å². The molecule has 0 radical (unpaired) electrons. The molecule has 1 amide bonds. The molecule has 1 aliphatic heterocycles. The van der Waals surface area contributed by atoms with Gasteiger partial charge >= 0.3 is 0 Å². The molecular formula is C20H27N3OS. The summed E-state index contributed by atoms with van der Waals surface area (Å²) in [4.78, 5) is 22.7. The van der Waals surface area contributed by atoms with E-state index >= 15 is 0 Å². The highest BCUT2D eigenvalue weighted by atomic mass is 32.1. The van der Waals surface area contributed by atoms with E-state index in [0.29, 0.717) is 0 Å². The number of unbranched alkanes of at least 4 members (excludes halogenated alkanes) is 1. The molecule has 134 valence electrons. The molecule has 4 nitrogen and oxygen atoms in total. The summed E-state index contributed by atoms with van der Waals surface area (Å²) >= 11 is 1.59. The van der Waals surface area contributed by atoms with E-state index < -0.39 is 0 Å². The van der Waals surface area contributed by atoms with Gasteiger partial charge in [-0.25, -0.2) is 4.98 Å². The molecule has 0 saturated carbocycles. The molecule has 25 heavy (non-hydrogen) atoms. The van der Waals surface area contributed by atoms with Crippen molar-refractivity contribution in [2.75, 3.05) is 26.2 Å². The summed E-state index contributed by atoms with van der Waals surface area (Å²) in [5, 5.41) is 1.10. The standard InChI is InChI=1S/C20H27N3OS/c1-3-4-10-18-21-16(2)19(25-18)20(24)23-13-11-22(12-14-23)15-17-8-6-5-7-9-17/h5-9H,3-4,10-15H2,1-2H3. The number of nitrogens with zero attached hydrogens (tertiary/aromatic N) is 3. The van der Waals surface area contributed by atoms with Crippen molar-refractivity contribution in [3.63, 3.8) is 0 Å². The Balaban J connectivity index is 1.55. The molecule has 0 spiro atoms. The highest BCUT2D eigenvalue weighted by molar-refractivity contribution is 7.13. The van der Waals surface area contributed by atoms with Crippen LogP contribution in [0, 0.1) is 6.92 Å². The lowest BCUT2D eigenvalue weighted by molar-refractivity contribution is 0.0632. The van der Waals surface area contributed by atoms with Gasteiger partial charge in [-0.15, -0.1) is 11.3 Å². The van der Waals surface area contributed by atoms with E-state index in [9.17, 15) is 4.79 Å². The van der Waals surface area contributed by atoms with Crippen LogP contribution in [0.25, 0.3) is 0 Å². The molecule has 3 rings (SSSR count). The molecule has 0 N–H and O–H groups in total. The van der Waals surface area contributed by atoms with Crippen molar-refractivity contribution in [3.05, 3.63) is 51.5 Å². The minimum atomic E-state index is 0.164. The van der Waals surface area contributed by atoms with Crippen molar-refractivity contribution in [2.45, 2.75) is 39.7 Å². The Labute approximate surface area is 154 Å². The maximum Gasteiger partial charge on any atom is 0.265 e. The number of carbonyl (C=O) groups excluding carboxylic acids is 1. The molecule has 0 aliphatic carbocycles. The Morgan fingerprint density at radius 2 is 1.88 bits per heavy atom. The summed E-state index contributed by atoms with van der Waals surface area (Å²) in [5.74, 6) is 0.164. The first kappa shape index (κ1) is 18.1. The van der Waals surface area contributed by atoms with Gasteiger partial charge in [-0.05, 0) is 25.3 Å². The molecular weight excluding hydrogens is 330 g/mol. The maximum absolute atomic E-state index is 12.9. The van der Waals surface area contributed by atoms with E-state index in [0.717, 1.165) is 67.6 Å². The number of piperazine rings is 1. The van der Waals surface area contributed by atoms with Gasteiger partial charge in [0.25, 0.3) is 5.91 Å². The first-order valence-corrected chi connectivity index (χ1v) is 10.0. The lowest BCUT2D eigenvalue weighted by atomic mass is 10.2. The van der Waals surface area contributed by atoms with Crippen LogP contribution in [0.2, 0.25) is 0 Å². The predicted octanol–water partition coefficient (Wildman–Crippen LogP) is 3.75. The van der Waals surface area contributed by atoms with E-state index in [2.05, 4.69) is 41.1 Å². The molecule has 0 atom stereocenters. The fourth-order valence-corrected chi connectivity index (χ4v) is 4.25. The van der Waals surface area contributed by atoms with Crippen molar-refractivity contribution in [1.82, 2.24) is 14.8 Å². The van der Waals surface area contributed by atoms with Crippen LogP contribution in [0.4, 0.5) is 0 Å². The van der Waals surface area contributed by atoms with Gasteiger partial charge in [0.15, 0.2) is 0 Å². The van der Waals surface area contributed by atoms with Gasteiger partial charge in [-0.3, -0.25) is 9.69 Å². The van der Waals surface area contributed by atoms with Crippen molar-refractivity contribution < 1.29 is 4.79 Å². The molecule has 2 heterocycles. The van der Waals surface area contributed by atoms with Crippen molar-refractivity contribution in [1.29, 1.82) is 0 Å².